The van der Waals surface area contributed by atoms with E-state index in [1.54, 1.807) is 23.6 Å². The molecule has 0 unspecified atom stereocenters. The zero-order chi connectivity index (χ0) is 19.4. The Labute approximate surface area is 160 Å². The molecule has 1 fully saturated rings. The molecule has 142 valence electrons. The first-order valence-electron chi connectivity index (χ1n) is 9.21. The standard InChI is InChI=1S/C22H26N2O3/c1-22(2,27-3)21(26)24-15-13-23(14-16-24)20(25)19-11-9-18(10-12-19)17-7-5-4-6-8-17/h4-12H,13-16H2,1-3H3. The fourth-order valence-electron chi connectivity index (χ4n) is 3.20. The third kappa shape index (κ3) is 4.19. The molecular weight excluding hydrogens is 340 g/mol. The van der Waals surface area contributed by atoms with Crippen LogP contribution in [0.3, 0.4) is 0 Å². The van der Waals surface area contributed by atoms with E-state index in [2.05, 4.69) is 12.1 Å². The first kappa shape index (κ1) is 19.1. The summed E-state index contributed by atoms with van der Waals surface area (Å²) >= 11 is 0. The Balaban J connectivity index is 1.62. The van der Waals surface area contributed by atoms with E-state index in [0.29, 0.717) is 31.7 Å². The van der Waals surface area contributed by atoms with Gasteiger partial charge in [0.1, 0.15) is 5.60 Å². The van der Waals surface area contributed by atoms with Gasteiger partial charge in [0.2, 0.25) is 0 Å². The average molecular weight is 366 g/mol. The number of methoxy groups -OCH3 is 1. The molecule has 3 rings (SSSR count). The topological polar surface area (TPSA) is 49.9 Å². The molecular formula is C22H26N2O3. The molecule has 0 atom stereocenters. The summed E-state index contributed by atoms with van der Waals surface area (Å²) in [6, 6.07) is 17.8. The second kappa shape index (κ2) is 7.92. The number of amides is 2. The van der Waals surface area contributed by atoms with Crippen LogP contribution >= 0.6 is 0 Å². The third-order valence-electron chi connectivity index (χ3n) is 5.12. The molecule has 2 aromatic rings. The van der Waals surface area contributed by atoms with E-state index in [0.717, 1.165) is 11.1 Å². The molecule has 0 radical (unpaired) electrons. The van der Waals surface area contributed by atoms with Crippen molar-refractivity contribution in [2.45, 2.75) is 19.4 Å². The molecule has 0 saturated carbocycles. The highest BCUT2D eigenvalue weighted by Gasteiger charge is 2.34. The lowest BCUT2D eigenvalue weighted by Gasteiger charge is -2.38. The molecule has 1 saturated heterocycles. The average Bonchev–Trinajstić information content (AvgIpc) is 2.73. The van der Waals surface area contributed by atoms with Gasteiger partial charge >= 0.3 is 0 Å². The summed E-state index contributed by atoms with van der Waals surface area (Å²) in [5, 5.41) is 0. The molecule has 5 nitrogen and oxygen atoms in total. The Kier molecular flexibility index (Phi) is 5.61. The molecule has 27 heavy (non-hydrogen) atoms. The van der Waals surface area contributed by atoms with Crippen molar-refractivity contribution < 1.29 is 14.3 Å². The van der Waals surface area contributed by atoms with Crippen molar-refractivity contribution in [3.8, 4) is 11.1 Å². The van der Waals surface area contributed by atoms with Crippen LogP contribution in [0.2, 0.25) is 0 Å². The van der Waals surface area contributed by atoms with Crippen molar-refractivity contribution in [3.63, 3.8) is 0 Å². The quantitative estimate of drug-likeness (QED) is 0.836. The van der Waals surface area contributed by atoms with E-state index >= 15 is 0 Å². The number of benzene rings is 2. The number of hydrogen-bond acceptors (Lipinski definition) is 3. The van der Waals surface area contributed by atoms with E-state index in [1.165, 1.54) is 7.11 Å². The minimum atomic E-state index is -0.834. The normalized spacial score (nSPS) is 14.9. The van der Waals surface area contributed by atoms with Gasteiger partial charge in [0, 0.05) is 38.9 Å². The van der Waals surface area contributed by atoms with Crippen LogP contribution in [0.5, 0.6) is 0 Å². The predicted molar refractivity (Wildman–Crippen MR) is 105 cm³/mol. The number of rotatable bonds is 4. The van der Waals surface area contributed by atoms with Crippen LogP contribution in [0.25, 0.3) is 11.1 Å². The third-order valence-corrected chi connectivity index (χ3v) is 5.12. The van der Waals surface area contributed by atoms with Gasteiger partial charge in [-0.15, -0.1) is 0 Å². The van der Waals surface area contributed by atoms with Crippen LogP contribution in [0, 0.1) is 0 Å². The Morgan fingerprint density at radius 1 is 0.815 bits per heavy atom. The zero-order valence-corrected chi connectivity index (χ0v) is 16.1. The van der Waals surface area contributed by atoms with Crippen molar-refractivity contribution in [2.75, 3.05) is 33.3 Å². The van der Waals surface area contributed by atoms with E-state index < -0.39 is 5.60 Å². The van der Waals surface area contributed by atoms with E-state index in [1.807, 2.05) is 42.5 Å². The zero-order valence-electron chi connectivity index (χ0n) is 16.1. The van der Waals surface area contributed by atoms with Gasteiger partial charge in [-0.05, 0) is 37.1 Å². The van der Waals surface area contributed by atoms with Crippen LogP contribution in [0.4, 0.5) is 0 Å². The lowest BCUT2D eigenvalue weighted by atomic mass is 10.0. The summed E-state index contributed by atoms with van der Waals surface area (Å²) in [6.45, 7) is 5.65. The van der Waals surface area contributed by atoms with Crippen molar-refractivity contribution in [2.24, 2.45) is 0 Å². The highest BCUT2D eigenvalue weighted by molar-refractivity contribution is 5.95. The summed E-state index contributed by atoms with van der Waals surface area (Å²) in [5.74, 6) is -0.0305. The largest absolute Gasteiger partial charge is 0.369 e. The molecule has 0 aliphatic carbocycles. The molecule has 0 spiro atoms. The van der Waals surface area contributed by atoms with Crippen molar-refractivity contribution >= 4 is 11.8 Å². The van der Waals surface area contributed by atoms with Gasteiger partial charge in [0.05, 0.1) is 0 Å². The van der Waals surface area contributed by atoms with Gasteiger partial charge < -0.3 is 14.5 Å². The van der Waals surface area contributed by atoms with Crippen LogP contribution < -0.4 is 0 Å². The Hall–Kier alpha value is -2.66. The minimum Gasteiger partial charge on any atom is -0.369 e. The molecule has 2 aromatic carbocycles. The van der Waals surface area contributed by atoms with Gasteiger partial charge in [-0.25, -0.2) is 0 Å². The fourth-order valence-corrected chi connectivity index (χ4v) is 3.20. The van der Waals surface area contributed by atoms with Crippen molar-refractivity contribution in [3.05, 3.63) is 60.2 Å². The smallest absolute Gasteiger partial charge is 0.254 e. The number of piperazine rings is 1. The van der Waals surface area contributed by atoms with Crippen molar-refractivity contribution in [1.82, 2.24) is 9.80 Å². The summed E-state index contributed by atoms with van der Waals surface area (Å²) < 4.78 is 5.27. The Morgan fingerprint density at radius 2 is 1.33 bits per heavy atom. The molecule has 1 aliphatic heterocycles. The number of hydrogen-bond donors (Lipinski definition) is 0. The predicted octanol–water partition coefficient (Wildman–Crippen LogP) is 3.06. The molecule has 0 aromatic heterocycles. The van der Waals surface area contributed by atoms with E-state index in [-0.39, 0.29) is 11.8 Å². The minimum absolute atomic E-state index is 0.00714. The maximum absolute atomic E-state index is 12.8. The second-order valence-electron chi connectivity index (χ2n) is 7.24. The Morgan fingerprint density at radius 3 is 1.89 bits per heavy atom. The second-order valence-corrected chi connectivity index (χ2v) is 7.24. The van der Waals surface area contributed by atoms with E-state index in [4.69, 9.17) is 4.74 Å². The van der Waals surface area contributed by atoms with Crippen LogP contribution in [0.15, 0.2) is 54.6 Å². The summed E-state index contributed by atoms with van der Waals surface area (Å²) in [6.07, 6.45) is 0. The van der Waals surface area contributed by atoms with Crippen LogP contribution in [-0.2, 0) is 9.53 Å². The number of carbonyl (C=O) groups is 2. The summed E-state index contributed by atoms with van der Waals surface area (Å²) in [7, 11) is 1.54. The van der Waals surface area contributed by atoms with Crippen LogP contribution in [-0.4, -0.2) is 60.5 Å². The highest BCUT2D eigenvalue weighted by atomic mass is 16.5. The Bertz CT molecular complexity index is 792. The van der Waals surface area contributed by atoms with Gasteiger partial charge in [0.15, 0.2) is 0 Å². The molecule has 1 aliphatic rings. The SMILES string of the molecule is COC(C)(C)C(=O)N1CCN(C(=O)c2ccc(-c3ccccc3)cc2)CC1. The first-order chi connectivity index (χ1) is 12.9. The van der Waals surface area contributed by atoms with Gasteiger partial charge in [-0.1, -0.05) is 42.5 Å². The lowest BCUT2D eigenvalue weighted by molar-refractivity contribution is -0.152. The number of ether oxygens (including phenoxy) is 1. The monoisotopic (exact) mass is 366 g/mol. The molecule has 5 heteroatoms. The molecule has 0 bridgehead atoms. The van der Waals surface area contributed by atoms with E-state index in [9.17, 15) is 9.59 Å². The molecule has 0 N–H and O–H groups in total. The summed E-state index contributed by atoms with van der Waals surface area (Å²) in [5.41, 5.74) is 2.06. The number of nitrogens with zero attached hydrogens (tertiary/aromatic N) is 2. The fraction of sp³-hybridized carbons (Fsp3) is 0.364. The maximum atomic E-state index is 12.8. The first-order valence-corrected chi connectivity index (χ1v) is 9.21. The van der Waals surface area contributed by atoms with Crippen LogP contribution in [0.1, 0.15) is 24.2 Å². The lowest BCUT2D eigenvalue weighted by Crippen LogP contribution is -2.55. The number of carbonyl (C=O) groups excluding carboxylic acids is 2. The molecule has 2 amide bonds. The highest BCUT2D eigenvalue weighted by Crippen LogP contribution is 2.20. The molecule has 1 heterocycles. The van der Waals surface area contributed by atoms with Gasteiger partial charge in [-0.3, -0.25) is 9.59 Å². The van der Waals surface area contributed by atoms with Gasteiger partial charge in [0.25, 0.3) is 11.8 Å². The summed E-state index contributed by atoms with van der Waals surface area (Å²) in [4.78, 5) is 28.8. The van der Waals surface area contributed by atoms with Crippen molar-refractivity contribution in [1.29, 1.82) is 0 Å². The van der Waals surface area contributed by atoms with Gasteiger partial charge in [-0.2, -0.15) is 0 Å². The maximum Gasteiger partial charge on any atom is 0.254 e.